The molecule has 0 spiro atoms. The van der Waals surface area contributed by atoms with Gasteiger partial charge in [0.1, 0.15) is 0 Å². The monoisotopic (exact) mass is 297 g/mol. The largest absolute Gasteiger partial charge is 0.504 e. The van der Waals surface area contributed by atoms with E-state index in [9.17, 15) is 9.90 Å². The summed E-state index contributed by atoms with van der Waals surface area (Å²) in [7, 11) is 1.50. The number of phenols is 1. The van der Waals surface area contributed by atoms with E-state index in [2.05, 4.69) is 5.32 Å². The van der Waals surface area contributed by atoms with Gasteiger partial charge >= 0.3 is 0 Å². The lowest BCUT2D eigenvalue weighted by molar-refractivity contribution is -0.120. The Morgan fingerprint density at radius 2 is 2.00 bits per heavy atom. The number of ether oxygens (including phenoxy) is 1. The number of rotatable bonds is 6. The molecule has 0 fully saturated rings. The fourth-order valence-electron chi connectivity index (χ4n) is 2.00. The number of amides is 1. The van der Waals surface area contributed by atoms with Crippen molar-refractivity contribution in [1.29, 1.82) is 0 Å². The van der Waals surface area contributed by atoms with Crippen LogP contribution in [0.2, 0.25) is 0 Å². The Labute approximate surface area is 130 Å². The molecule has 2 aromatic carbocycles. The Kier molecular flexibility index (Phi) is 5.60. The molecule has 2 rings (SSSR count). The molecule has 114 valence electrons. The highest BCUT2D eigenvalue weighted by molar-refractivity contribution is 5.78. The number of hydrogen-bond acceptors (Lipinski definition) is 3. The number of hydrogen-bond donors (Lipinski definition) is 2. The van der Waals surface area contributed by atoms with E-state index in [1.54, 1.807) is 24.4 Å². The molecule has 22 heavy (non-hydrogen) atoms. The fourth-order valence-corrected chi connectivity index (χ4v) is 2.00. The summed E-state index contributed by atoms with van der Waals surface area (Å²) < 4.78 is 5.04. The van der Waals surface area contributed by atoms with Crippen molar-refractivity contribution in [2.24, 2.45) is 0 Å². The van der Waals surface area contributed by atoms with Gasteiger partial charge in [-0.15, -0.1) is 0 Å². The Bertz CT molecular complexity index is 651. The Morgan fingerprint density at radius 3 is 2.73 bits per heavy atom. The number of carbonyl (C=O) groups excluding carboxylic acids is 1. The standard InChI is InChI=1S/C18H19NO3/c1-22-17-13-15(7-9-16(17)20)8-10-18(21)19-12-11-14-5-3-2-4-6-14/h2-7,9,11-13,20H,8,10H2,1H3,(H,19,21)/b12-11+. The first-order valence-electron chi connectivity index (χ1n) is 7.06. The average molecular weight is 297 g/mol. The number of methoxy groups -OCH3 is 1. The van der Waals surface area contributed by atoms with E-state index in [1.807, 2.05) is 36.4 Å². The van der Waals surface area contributed by atoms with Crippen molar-refractivity contribution in [2.75, 3.05) is 7.11 Å². The minimum atomic E-state index is -0.0563. The highest BCUT2D eigenvalue weighted by Gasteiger charge is 2.05. The van der Waals surface area contributed by atoms with Crippen LogP contribution in [-0.2, 0) is 11.2 Å². The number of aryl methyl sites for hydroxylation is 1. The van der Waals surface area contributed by atoms with Gasteiger partial charge in [0.05, 0.1) is 7.11 Å². The third-order valence-corrected chi connectivity index (χ3v) is 3.20. The molecule has 0 aliphatic carbocycles. The predicted octanol–water partition coefficient (Wildman–Crippen LogP) is 3.12. The lowest BCUT2D eigenvalue weighted by atomic mass is 10.1. The lowest BCUT2D eigenvalue weighted by Crippen LogP contribution is -2.17. The van der Waals surface area contributed by atoms with Crippen molar-refractivity contribution in [2.45, 2.75) is 12.8 Å². The number of carbonyl (C=O) groups is 1. The van der Waals surface area contributed by atoms with Crippen LogP contribution in [0.15, 0.2) is 54.7 Å². The van der Waals surface area contributed by atoms with Crippen molar-refractivity contribution in [1.82, 2.24) is 5.32 Å². The highest BCUT2D eigenvalue weighted by Crippen LogP contribution is 2.26. The molecule has 0 atom stereocenters. The zero-order valence-electron chi connectivity index (χ0n) is 12.5. The van der Waals surface area contributed by atoms with Crippen LogP contribution in [0.25, 0.3) is 6.08 Å². The zero-order chi connectivity index (χ0) is 15.8. The van der Waals surface area contributed by atoms with Gasteiger partial charge in [0.25, 0.3) is 0 Å². The molecular weight excluding hydrogens is 278 g/mol. The molecule has 0 saturated heterocycles. The SMILES string of the molecule is COc1cc(CCC(=O)N/C=C/c2ccccc2)ccc1O. The summed E-state index contributed by atoms with van der Waals surface area (Å²) in [5.74, 6) is 0.461. The van der Waals surface area contributed by atoms with Crippen molar-refractivity contribution in [3.8, 4) is 11.5 Å². The third-order valence-electron chi connectivity index (χ3n) is 3.20. The van der Waals surface area contributed by atoms with Crippen molar-refractivity contribution in [3.05, 3.63) is 65.9 Å². The zero-order valence-corrected chi connectivity index (χ0v) is 12.5. The van der Waals surface area contributed by atoms with Gasteiger partial charge in [-0.2, -0.15) is 0 Å². The van der Waals surface area contributed by atoms with Crippen LogP contribution in [0.1, 0.15) is 17.5 Å². The molecule has 4 nitrogen and oxygen atoms in total. The summed E-state index contributed by atoms with van der Waals surface area (Å²) in [6, 6.07) is 14.9. The summed E-state index contributed by atoms with van der Waals surface area (Å²) >= 11 is 0. The van der Waals surface area contributed by atoms with Gasteiger partial charge in [0.15, 0.2) is 11.5 Å². The van der Waals surface area contributed by atoms with Gasteiger partial charge in [0.2, 0.25) is 5.91 Å². The molecule has 0 bridgehead atoms. The average Bonchev–Trinajstić information content (AvgIpc) is 2.55. The lowest BCUT2D eigenvalue weighted by Gasteiger charge is -2.06. The summed E-state index contributed by atoms with van der Waals surface area (Å²) in [4.78, 5) is 11.8. The Morgan fingerprint density at radius 1 is 1.23 bits per heavy atom. The summed E-state index contributed by atoms with van der Waals surface area (Å²) in [6.45, 7) is 0. The fraction of sp³-hybridized carbons (Fsp3) is 0.167. The summed E-state index contributed by atoms with van der Waals surface area (Å²) in [5, 5.41) is 12.3. The maximum Gasteiger partial charge on any atom is 0.224 e. The van der Waals surface area contributed by atoms with E-state index in [-0.39, 0.29) is 11.7 Å². The van der Waals surface area contributed by atoms with Crippen LogP contribution in [0.3, 0.4) is 0 Å². The second kappa shape index (κ2) is 7.88. The van der Waals surface area contributed by atoms with E-state index in [0.29, 0.717) is 18.6 Å². The molecule has 0 unspecified atom stereocenters. The number of phenolic OH excluding ortho intramolecular Hbond substituents is 1. The van der Waals surface area contributed by atoms with Crippen molar-refractivity contribution in [3.63, 3.8) is 0 Å². The van der Waals surface area contributed by atoms with E-state index < -0.39 is 0 Å². The molecule has 4 heteroatoms. The summed E-state index contributed by atoms with van der Waals surface area (Å²) in [6.07, 6.45) is 4.45. The molecule has 0 aromatic heterocycles. The third kappa shape index (κ3) is 4.66. The minimum Gasteiger partial charge on any atom is -0.504 e. The van der Waals surface area contributed by atoms with Gasteiger partial charge in [-0.1, -0.05) is 36.4 Å². The first-order chi connectivity index (χ1) is 10.7. The first-order valence-corrected chi connectivity index (χ1v) is 7.06. The van der Waals surface area contributed by atoms with Gasteiger partial charge in [-0.3, -0.25) is 4.79 Å². The normalized spacial score (nSPS) is 10.6. The van der Waals surface area contributed by atoms with E-state index in [4.69, 9.17) is 4.74 Å². The smallest absolute Gasteiger partial charge is 0.224 e. The molecule has 2 N–H and O–H groups in total. The van der Waals surface area contributed by atoms with Gasteiger partial charge in [-0.25, -0.2) is 0 Å². The Hall–Kier alpha value is -2.75. The molecule has 0 aliphatic heterocycles. The molecule has 0 radical (unpaired) electrons. The molecular formula is C18H19NO3. The van der Waals surface area contributed by atoms with Crippen LogP contribution < -0.4 is 10.1 Å². The van der Waals surface area contributed by atoms with Crippen LogP contribution in [-0.4, -0.2) is 18.1 Å². The van der Waals surface area contributed by atoms with Crippen LogP contribution in [0.4, 0.5) is 0 Å². The van der Waals surface area contributed by atoms with Gasteiger partial charge in [-0.05, 0) is 35.8 Å². The maximum absolute atomic E-state index is 11.8. The first kappa shape index (κ1) is 15.6. The molecule has 2 aromatic rings. The molecule has 0 aliphatic rings. The van der Waals surface area contributed by atoms with E-state index in [0.717, 1.165) is 11.1 Å². The Balaban J connectivity index is 1.82. The molecule has 0 heterocycles. The van der Waals surface area contributed by atoms with Crippen molar-refractivity contribution < 1.29 is 14.6 Å². The minimum absolute atomic E-state index is 0.0563. The molecule has 0 saturated carbocycles. The number of benzene rings is 2. The van der Waals surface area contributed by atoms with E-state index in [1.165, 1.54) is 7.11 Å². The molecule has 1 amide bonds. The summed E-state index contributed by atoms with van der Waals surface area (Å²) in [5.41, 5.74) is 1.97. The van der Waals surface area contributed by atoms with Gasteiger partial charge < -0.3 is 15.2 Å². The number of aromatic hydroxyl groups is 1. The second-order valence-corrected chi connectivity index (χ2v) is 4.82. The van der Waals surface area contributed by atoms with Crippen molar-refractivity contribution >= 4 is 12.0 Å². The van der Waals surface area contributed by atoms with E-state index >= 15 is 0 Å². The highest BCUT2D eigenvalue weighted by atomic mass is 16.5. The predicted molar refractivity (Wildman–Crippen MR) is 86.6 cm³/mol. The topological polar surface area (TPSA) is 58.6 Å². The van der Waals surface area contributed by atoms with Gasteiger partial charge in [0, 0.05) is 12.6 Å². The quantitative estimate of drug-likeness (QED) is 0.861. The van der Waals surface area contributed by atoms with Crippen LogP contribution in [0, 0.1) is 0 Å². The maximum atomic E-state index is 11.8. The number of nitrogens with one attached hydrogen (secondary N) is 1. The second-order valence-electron chi connectivity index (χ2n) is 4.82. The van der Waals surface area contributed by atoms with Crippen LogP contribution in [0.5, 0.6) is 11.5 Å². The van der Waals surface area contributed by atoms with Crippen LogP contribution >= 0.6 is 0 Å².